The molecule has 1 aromatic carbocycles. The summed E-state index contributed by atoms with van der Waals surface area (Å²) in [5.41, 5.74) is 0. The molecule has 0 bridgehead atoms. The molecule has 0 saturated carbocycles. The topological polar surface area (TPSA) is 27.7 Å². The van der Waals surface area contributed by atoms with Crippen molar-refractivity contribution in [3.8, 4) is 0 Å². The molecule has 1 aromatic rings. The number of hydrogen-bond acceptors (Lipinski definition) is 3. The third kappa shape index (κ3) is 3.62. The van der Waals surface area contributed by atoms with E-state index in [0.717, 1.165) is 6.04 Å². The molecule has 6 heteroatoms. The van der Waals surface area contributed by atoms with E-state index in [4.69, 9.17) is 12.3 Å². The minimum Gasteiger partial charge on any atom is -0.425 e. The molecule has 0 N–H and O–H groups in total. The Morgan fingerprint density at radius 1 is 1.00 bits per heavy atom. The molecular weight excluding hydrogens is 276 g/mol. The standard InChI is InChI=1S/C12H22O3Si3/c1-2-3-4-8-11-18(14-16-13-17-15-18)12-9-6-5-7-10-12/h5-7,9-10H,2-4,8,11,16-17H2,1H3. The van der Waals surface area contributed by atoms with E-state index < -0.39 is 28.6 Å². The maximum Gasteiger partial charge on any atom is 0.354 e. The van der Waals surface area contributed by atoms with Crippen LogP contribution in [0.2, 0.25) is 6.04 Å². The van der Waals surface area contributed by atoms with Crippen molar-refractivity contribution >= 4 is 33.8 Å². The predicted molar refractivity (Wildman–Crippen MR) is 81.1 cm³/mol. The molecule has 3 nitrogen and oxygen atoms in total. The summed E-state index contributed by atoms with van der Waals surface area (Å²) in [5, 5.41) is 1.30. The molecule has 1 heterocycles. The van der Waals surface area contributed by atoms with Crippen LogP contribution in [0.25, 0.3) is 0 Å². The molecule has 1 fully saturated rings. The number of hydrogen-bond donors (Lipinski definition) is 0. The Morgan fingerprint density at radius 2 is 1.72 bits per heavy atom. The quantitative estimate of drug-likeness (QED) is 0.579. The SMILES string of the molecule is CCCCCC[Si]1(c2ccccc2)O[SiH2]O[SiH2]O1. The highest BCUT2D eigenvalue weighted by molar-refractivity contribution is 6.87. The largest absolute Gasteiger partial charge is 0.425 e. The van der Waals surface area contributed by atoms with Gasteiger partial charge in [-0.3, -0.25) is 0 Å². The monoisotopic (exact) mass is 298 g/mol. The first kappa shape index (κ1) is 14.2. The second-order valence-electron chi connectivity index (χ2n) is 4.66. The summed E-state index contributed by atoms with van der Waals surface area (Å²) in [4.78, 5) is 0. The van der Waals surface area contributed by atoms with Gasteiger partial charge in [-0.25, -0.2) is 0 Å². The fourth-order valence-electron chi connectivity index (χ4n) is 2.28. The van der Waals surface area contributed by atoms with E-state index in [2.05, 4.69) is 37.3 Å². The van der Waals surface area contributed by atoms with Crippen LogP contribution in [0, 0.1) is 0 Å². The van der Waals surface area contributed by atoms with E-state index in [1.165, 1.54) is 30.9 Å². The number of unbranched alkanes of at least 4 members (excludes halogenated alkanes) is 3. The van der Waals surface area contributed by atoms with E-state index >= 15 is 0 Å². The Hall–Kier alpha value is -0.249. The van der Waals surface area contributed by atoms with Crippen molar-refractivity contribution in [2.24, 2.45) is 0 Å². The van der Waals surface area contributed by atoms with Gasteiger partial charge in [0.25, 0.3) is 20.0 Å². The average Bonchev–Trinajstić information content (AvgIpc) is 2.46. The minimum absolute atomic E-state index is 0.780. The van der Waals surface area contributed by atoms with Crippen molar-refractivity contribution in [3.05, 3.63) is 30.3 Å². The molecule has 0 unspecified atom stereocenters. The van der Waals surface area contributed by atoms with Crippen molar-refractivity contribution in [2.75, 3.05) is 0 Å². The normalized spacial score (nSPS) is 26.7. The highest BCUT2D eigenvalue weighted by Crippen LogP contribution is 2.20. The summed E-state index contributed by atoms with van der Waals surface area (Å²) in [6, 6.07) is 11.7. The van der Waals surface area contributed by atoms with Crippen LogP contribution >= 0.6 is 0 Å². The summed E-state index contributed by atoms with van der Waals surface area (Å²) in [7, 11) is -3.67. The Labute approximate surface area is 115 Å². The van der Waals surface area contributed by atoms with Crippen LogP contribution in [0.15, 0.2) is 30.3 Å². The molecule has 0 aromatic heterocycles. The Morgan fingerprint density at radius 3 is 2.39 bits per heavy atom. The van der Waals surface area contributed by atoms with E-state index in [-0.39, 0.29) is 0 Å². The number of rotatable bonds is 6. The molecule has 0 spiro atoms. The summed E-state index contributed by atoms with van der Waals surface area (Å²) >= 11 is 0. The Balaban J connectivity index is 2.03. The van der Waals surface area contributed by atoms with E-state index in [1.807, 2.05) is 0 Å². The maximum atomic E-state index is 6.10. The van der Waals surface area contributed by atoms with Gasteiger partial charge in [-0.1, -0.05) is 62.9 Å². The first-order chi connectivity index (χ1) is 8.87. The molecule has 18 heavy (non-hydrogen) atoms. The van der Waals surface area contributed by atoms with Gasteiger partial charge < -0.3 is 12.3 Å². The molecule has 1 aliphatic rings. The van der Waals surface area contributed by atoms with Gasteiger partial charge in [0.05, 0.1) is 0 Å². The van der Waals surface area contributed by atoms with Crippen molar-refractivity contribution in [3.63, 3.8) is 0 Å². The van der Waals surface area contributed by atoms with Gasteiger partial charge in [-0.05, 0) is 11.2 Å². The van der Waals surface area contributed by atoms with Gasteiger partial charge in [0.1, 0.15) is 0 Å². The van der Waals surface area contributed by atoms with Gasteiger partial charge in [-0.15, -0.1) is 0 Å². The predicted octanol–water partition coefficient (Wildman–Crippen LogP) is 0.977. The third-order valence-electron chi connectivity index (χ3n) is 3.32. The molecule has 0 radical (unpaired) electrons. The first-order valence-electron chi connectivity index (χ1n) is 6.78. The molecule has 1 saturated heterocycles. The fraction of sp³-hybridized carbons (Fsp3) is 0.500. The molecule has 0 atom stereocenters. The lowest BCUT2D eigenvalue weighted by Crippen LogP contribution is -2.58. The number of benzene rings is 1. The summed E-state index contributed by atoms with van der Waals surface area (Å²) < 4.78 is 17.6. The van der Waals surface area contributed by atoms with Crippen LogP contribution in [-0.4, -0.2) is 28.6 Å². The average molecular weight is 299 g/mol. The molecule has 100 valence electrons. The molecule has 1 aliphatic heterocycles. The van der Waals surface area contributed by atoms with Crippen LogP contribution in [0.5, 0.6) is 0 Å². The Bertz CT molecular complexity index is 342. The minimum atomic E-state index is -2.11. The lowest BCUT2D eigenvalue weighted by atomic mass is 10.2. The first-order valence-corrected chi connectivity index (χ1v) is 11.1. The second-order valence-corrected chi connectivity index (χ2v) is 11.7. The van der Waals surface area contributed by atoms with Gasteiger partial charge >= 0.3 is 8.56 Å². The smallest absolute Gasteiger partial charge is 0.354 e. The third-order valence-corrected chi connectivity index (χ3v) is 11.6. The highest BCUT2D eigenvalue weighted by atomic mass is 28.5. The zero-order valence-corrected chi connectivity index (χ0v) is 14.9. The van der Waals surface area contributed by atoms with Crippen molar-refractivity contribution in [1.29, 1.82) is 0 Å². The molecule has 0 aliphatic carbocycles. The molecular formula is C12H22O3Si3. The van der Waals surface area contributed by atoms with Gasteiger partial charge in [0.2, 0.25) is 0 Å². The second kappa shape index (κ2) is 7.37. The fourth-order valence-corrected chi connectivity index (χ4v) is 11.5. The van der Waals surface area contributed by atoms with Crippen LogP contribution in [-0.2, 0) is 12.3 Å². The zero-order valence-electron chi connectivity index (χ0n) is 11.1. The maximum absolute atomic E-state index is 6.10. The van der Waals surface area contributed by atoms with Crippen molar-refractivity contribution in [1.82, 2.24) is 0 Å². The zero-order chi connectivity index (χ0) is 12.7. The van der Waals surface area contributed by atoms with Gasteiger partial charge in [-0.2, -0.15) is 0 Å². The van der Waals surface area contributed by atoms with Crippen molar-refractivity contribution in [2.45, 2.75) is 38.7 Å². The molecule has 0 amide bonds. The van der Waals surface area contributed by atoms with Crippen LogP contribution in [0.4, 0.5) is 0 Å². The summed E-state index contributed by atoms with van der Waals surface area (Å²) in [6.45, 7) is 2.24. The van der Waals surface area contributed by atoms with Crippen molar-refractivity contribution < 1.29 is 12.3 Å². The van der Waals surface area contributed by atoms with E-state index in [0.29, 0.717) is 0 Å². The molecule has 2 rings (SSSR count). The van der Waals surface area contributed by atoms with Crippen LogP contribution in [0.3, 0.4) is 0 Å². The highest BCUT2D eigenvalue weighted by Gasteiger charge is 2.41. The van der Waals surface area contributed by atoms with Crippen LogP contribution < -0.4 is 5.19 Å². The Kier molecular flexibility index (Phi) is 5.80. The lowest BCUT2D eigenvalue weighted by Gasteiger charge is -2.35. The van der Waals surface area contributed by atoms with Crippen LogP contribution in [0.1, 0.15) is 32.6 Å². The van der Waals surface area contributed by atoms with Gasteiger partial charge in [0, 0.05) is 0 Å². The summed E-state index contributed by atoms with van der Waals surface area (Å²) in [6.07, 6.45) is 5.09. The van der Waals surface area contributed by atoms with E-state index in [1.54, 1.807) is 0 Å². The summed E-state index contributed by atoms with van der Waals surface area (Å²) in [5.74, 6) is 0. The lowest BCUT2D eigenvalue weighted by molar-refractivity contribution is 0.304. The van der Waals surface area contributed by atoms with E-state index in [9.17, 15) is 0 Å². The van der Waals surface area contributed by atoms with Gasteiger partial charge in [0.15, 0.2) is 0 Å².